The van der Waals surface area contributed by atoms with Crippen molar-refractivity contribution in [1.29, 1.82) is 0 Å². The maximum atomic E-state index is 12.8. The highest BCUT2D eigenvalue weighted by atomic mass is 35.5. The molecule has 0 saturated heterocycles. The van der Waals surface area contributed by atoms with Crippen molar-refractivity contribution in [2.75, 3.05) is 5.01 Å². The Balaban J connectivity index is 1.97. The molecule has 28 heavy (non-hydrogen) atoms. The highest BCUT2D eigenvalue weighted by Crippen LogP contribution is 2.39. The van der Waals surface area contributed by atoms with Gasteiger partial charge in [0.25, 0.3) is 5.91 Å². The van der Waals surface area contributed by atoms with E-state index in [1.54, 1.807) is 0 Å². The molecule has 1 amide bonds. The number of carbonyl (C=O) groups excluding carboxylic acids is 1. The Labute approximate surface area is 179 Å². The van der Waals surface area contributed by atoms with E-state index >= 15 is 0 Å². The average Bonchev–Trinajstić information content (AvgIpc) is 2.89. The van der Waals surface area contributed by atoms with Crippen LogP contribution in [0.4, 0.5) is 5.69 Å². The molecule has 0 spiro atoms. The van der Waals surface area contributed by atoms with E-state index < -0.39 is 12.0 Å². The van der Waals surface area contributed by atoms with Crippen LogP contribution in [0.1, 0.15) is 24.5 Å². The lowest BCUT2D eigenvalue weighted by molar-refractivity contribution is -0.114. The van der Waals surface area contributed by atoms with Crippen LogP contribution in [-0.4, -0.2) is 17.7 Å². The summed E-state index contributed by atoms with van der Waals surface area (Å²) in [6, 6.07) is 8.95. The lowest BCUT2D eigenvalue weighted by Crippen LogP contribution is -2.28. The molecular formula is C21H19Cl3N2O2. The maximum absolute atomic E-state index is 12.8. The van der Waals surface area contributed by atoms with E-state index in [9.17, 15) is 4.79 Å². The fourth-order valence-corrected chi connectivity index (χ4v) is 3.99. The molecule has 0 aromatic heterocycles. The Hall–Kier alpha value is -2.01. The summed E-state index contributed by atoms with van der Waals surface area (Å²) in [5, 5.41) is 6.44. The van der Waals surface area contributed by atoms with Crippen LogP contribution < -0.4 is 9.75 Å². The summed E-state index contributed by atoms with van der Waals surface area (Å²) >= 11 is 18.5. The van der Waals surface area contributed by atoms with Crippen LogP contribution in [0.3, 0.4) is 0 Å². The maximum Gasteiger partial charge on any atom is 0.280 e. The summed E-state index contributed by atoms with van der Waals surface area (Å²) in [5.74, 6) is 0.338. The molecule has 0 bridgehead atoms. The van der Waals surface area contributed by atoms with Gasteiger partial charge in [0, 0.05) is 5.02 Å². The fourth-order valence-electron chi connectivity index (χ4n) is 3.02. The van der Waals surface area contributed by atoms with Crippen LogP contribution in [0.5, 0.6) is 5.75 Å². The van der Waals surface area contributed by atoms with Gasteiger partial charge in [-0.05, 0) is 44.0 Å². The number of amides is 1. The van der Waals surface area contributed by atoms with Gasteiger partial charge in [-0.1, -0.05) is 66.0 Å². The number of hydrogen-bond donors (Lipinski definition) is 0. The van der Waals surface area contributed by atoms with E-state index in [1.165, 1.54) is 12.1 Å². The van der Waals surface area contributed by atoms with Gasteiger partial charge in [0.2, 0.25) is 0 Å². The number of hydrogen-bond acceptors (Lipinski definition) is 3. The number of nitrogens with zero attached hydrogens (tertiary/aromatic N) is 2. The molecule has 2 aromatic rings. The summed E-state index contributed by atoms with van der Waals surface area (Å²) in [4.78, 5) is 12.8. The molecule has 0 saturated carbocycles. The lowest BCUT2D eigenvalue weighted by atomic mass is 10.0. The van der Waals surface area contributed by atoms with Crippen LogP contribution in [-0.2, 0) is 4.79 Å². The molecule has 1 heterocycles. The Bertz CT molecular complexity index is 978. The van der Waals surface area contributed by atoms with Crippen molar-refractivity contribution >= 4 is 52.1 Å². The minimum absolute atomic E-state index is 0.229. The van der Waals surface area contributed by atoms with Crippen molar-refractivity contribution in [3.8, 4) is 5.75 Å². The molecular weight excluding hydrogens is 419 g/mol. The number of hydrazone groups is 1. The second-order valence-corrected chi connectivity index (χ2v) is 7.83. The first-order valence-electron chi connectivity index (χ1n) is 8.73. The second kappa shape index (κ2) is 8.16. The zero-order valence-corrected chi connectivity index (χ0v) is 18.0. The van der Waals surface area contributed by atoms with E-state index in [0.29, 0.717) is 17.2 Å². The van der Waals surface area contributed by atoms with Crippen molar-refractivity contribution in [3.63, 3.8) is 0 Å². The normalized spacial score (nSPS) is 15.1. The fraction of sp³-hybridized carbons (Fsp3) is 0.238. The summed E-state index contributed by atoms with van der Waals surface area (Å²) in [6.07, 6.45) is 0.168. The largest absolute Gasteiger partial charge is 0.484 e. The molecule has 3 rings (SSSR count). The van der Waals surface area contributed by atoms with E-state index in [-0.39, 0.29) is 21.3 Å². The molecule has 0 radical (unpaired) electrons. The number of benzene rings is 2. The van der Waals surface area contributed by atoms with Gasteiger partial charge in [0.1, 0.15) is 23.3 Å². The third kappa shape index (κ3) is 3.90. The average molecular weight is 438 g/mol. The first-order valence-corrected chi connectivity index (χ1v) is 9.87. The third-order valence-electron chi connectivity index (χ3n) is 4.44. The monoisotopic (exact) mass is 436 g/mol. The first kappa shape index (κ1) is 20.7. The zero-order chi connectivity index (χ0) is 20.6. The van der Waals surface area contributed by atoms with Crippen LogP contribution >= 0.6 is 34.8 Å². The van der Waals surface area contributed by atoms with Gasteiger partial charge in [-0.2, -0.15) is 10.1 Å². The molecule has 4 nitrogen and oxygen atoms in total. The van der Waals surface area contributed by atoms with Gasteiger partial charge in [-0.3, -0.25) is 4.79 Å². The zero-order valence-electron chi connectivity index (χ0n) is 15.7. The van der Waals surface area contributed by atoms with Crippen LogP contribution in [0.15, 0.2) is 47.6 Å². The molecule has 146 valence electrons. The second-order valence-electron chi connectivity index (χ2n) is 6.58. The number of aryl methyl sites for hydroxylation is 2. The lowest BCUT2D eigenvalue weighted by Gasteiger charge is -2.19. The highest BCUT2D eigenvalue weighted by Gasteiger charge is 2.36. The highest BCUT2D eigenvalue weighted by molar-refractivity contribution is 6.43. The van der Waals surface area contributed by atoms with E-state index in [0.717, 1.165) is 21.9 Å². The number of ether oxygens (including phenoxy) is 1. The number of rotatable bonds is 5. The summed E-state index contributed by atoms with van der Waals surface area (Å²) < 4.78 is 6.16. The molecule has 7 heteroatoms. The van der Waals surface area contributed by atoms with E-state index in [1.807, 2.05) is 39.0 Å². The van der Waals surface area contributed by atoms with Gasteiger partial charge >= 0.3 is 0 Å². The Morgan fingerprint density at radius 2 is 1.79 bits per heavy atom. The summed E-state index contributed by atoms with van der Waals surface area (Å²) in [5.41, 5.74) is 3.13. The molecule has 1 atom stereocenters. The molecule has 2 aromatic carbocycles. The smallest absolute Gasteiger partial charge is 0.280 e. The van der Waals surface area contributed by atoms with Gasteiger partial charge in [0.15, 0.2) is 0 Å². The Kier molecular flexibility index (Phi) is 6.04. The van der Waals surface area contributed by atoms with Crippen molar-refractivity contribution in [1.82, 2.24) is 0 Å². The standard InChI is InChI=1S/C21H19Cl3N2O2/c1-5-17(28-18-7-6-11(2)8-12(18)3)19-13(4)21(27)26(25-19)20-15(23)9-14(22)10-16(20)24/h6-10,17H,4-5H2,1-3H3. The minimum Gasteiger partial charge on any atom is -0.484 e. The van der Waals surface area contributed by atoms with E-state index in [4.69, 9.17) is 39.5 Å². The molecule has 0 N–H and O–H groups in total. The Morgan fingerprint density at radius 3 is 2.36 bits per heavy atom. The molecule has 0 fully saturated rings. The SMILES string of the molecule is C=C1C(=O)N(c2c(Cl)cc(Cl)cc2Cl)N=C1C(CC)Oc1ccc(C)cc1C. The third-order valence-corrected chi connectivity index (χ3v) is 5.23. The van der Waals surface area contributed by atoms with Gasteiger partial charge < -0.3 is 4.74 Å². The van der Waals surface area contributed by atoms with Crippen molar-refractivity contribution < 1.29 is 9.53 Å². The molecule has 1 unspecified atom stereocenters. The van der Waals surface area contributed by atoms with Crippen molar-refractivity contribution in [3.05, 3.63) is 68.7 Å². The number of halogens is 3. The van der Waals surface area contributed by atoms with Crippen LogP contribution in [0.2, 0.25) is 15.1 Å². The van der Waals surface area contributed by atoms with Crippen molar-refractivity contribution in [2.24, 2.45) is 5.10 Å². The molecule has 1 aliphatic heterocycles. The van der Waals surface area contributed by atoms with Crippen LogP contribution in [0, 0.1) is 13.8 Å². The van der Waals surface area contributed by atoms with Gasteiger partial charge in [-0.25, -0.2) is 0 Å². The minimum atomic E-state index is -0.437. The summed E-state index contributed by atoms with van der Waals surface area (Å²) in [7, 11) is 0. The number of anilines is 1. The predicted octanol–water partition coefficient (Wildman–Crippen LogP) is 6.38. The van der Waals surface area contributed by atoms with Gasteiger partial charge in [-0.15, -0.1) is 0 Å². The molecule has 0 aliphatic carbocycles. The molecule has 1 aliphatic rings. The Morgan fingerprint density at radius 1 is 1.14 bits per heavy atom. The summed E-state index contributed by atoms with van der Waals surface area (Å²) in [6.45, 7) is 9.86. The van der Waals surface area contributed by atoms with E-state index in [2.05, 4.69) is 11.7 Å². The topological polar surface area (TPSA) is 41.9 Å². The first-order chi connectivity index (χ1) is 13.2. The van der Waals surface area contributed by atoms with Crippen LogP contribution in [0.25, 0.3) is 0 Å². The quantitative estimate of drug-likeness (QED) is 0.509. The van der Waals surface area contributed by atoms with Gasteiger partial charge in [0.05, 0.1) is 15.6 Å². The predicted molar refractivity (Wildman–Crippen MR) is 116 cm³/mol. The number of carbonyl (C=O) groups is 1. The van der Waals surface area contributed by atoms with Crippen molar-refractivity contribution in [2.45, 2.75) is 33.3 Å².